The topological polar surface area (TPSA) is 72.2 Å². The van der Waals surface area contributed by atoms with Gasteiger partial charge in [0.05, 0.1) is 26.8 Å². The van der Waals surface area contributed by atoms with Gasteiger partial charge in [-0.2, -0.15) is 13.2 Å². The number of carbonyl (C=O) groups is 1. The first-order valence-electron chi connectivity index (χ1n) is 6.21. The van der Waals surface area contributed by atoms with Gasteiger partial charge < -0.3 is 5.32 Å². The van der Waals surface area contributed by atoms with Gasteiger partial charge in [-0.15, -0.1) is 0 Å². The highest BCUT2D eigenvalue weighted by Gasteiger charge is 2.34. The summed E-state index contributed by atoms with van der Waals surface area (Å²) < 4.78 is 39.0. The summed E-state index contributed by atoms with van der Waals surface area (Å²) in [5.74, 6) is -1.02. The van der Waals surface area contributed by atoms with Crippen LogP contribution in [0.15, 0.2) is 36.4 Å². The minimum atomic E-state index is -4.75. The van der Waals surface area contributed by atoms with Crippen LogP contribution in [0.3, 0.4) is 0 Å². The van der Waals surface area contributed by atoms with E-state index in [0.717, 1.165) is 24.3 Å². The monoisotopic (exact) mass is 378 g/mol. The fraction of sp³-hybridized carbons (Fsp3) is 0.0714. The molecular formula is C14H7Cl2F3N2O3. The van der Waals surface area contributed by atoms with Crippen LogP contribution in [-0.2, 0) is 6.18 Å². The van der Waals surface area contributed by atoms with Crippen molar-refractivity contribution in [2.24, 2.45) is 0 Å². The van der Waals surface area contributed by atoms with Crippen LogP contribution in [0.25, 0.3) is 0 Å². The summed E-state index contributed by atoms with van der Waals surface area (Å²) in [4.78, 5) is 22.1. The molecule has 0 aromatic heterocycles. The molecule has 0 spiro atoms. The summed E-state index contributed by atoms with van der Waals surface area (Å²) in [5, 5.41) is 12.5. The van der Waals surface area contributed by atoms with E-state index in [4.69, 9.17) is 23.2 Å². The van der Waals surface area contributed by atoms with Crippen molar-refractivity contribution < 1.29 is 22.9 Å². The molecule has 0 aliphatic carbocycles. The Hall–Kier alpha value is -2.32. The Morgan fingerprint density at radius 3 is 2.38 bits per heavy atom. The maximum absolute atomic E-state index is 13.0. The fourth-order valence-corrected chi connectivity index (χ4v) is 2.23. The fourth-order valence-electron chi connectivity index (χ4n) is 1.85. The molecule has 0 fully saturated rings. The third-order valence-electron chi connectivity index (χ3n) is 2.94. The lowest BCUT2D eigenvalue weighted by Crippen LogP contribution is -2.17. The lowest BCUT2D eigenvalue weighted by atomic mass is 10.1. The molecule has 24 heavy (non-hydrogen) atoms. The number of nitro groups is 1. The van der Waals surface area contributed by atoms with E-state index in [2.05, 4.69) is 0 Å². The number of rotatable bonds is 3. The zero-order chi connectivity index (χ0) is 18.1. The molecule has 0 saturated heterocycles. The summed E-state index contributed by atoms with van der Waals surface area (Å²) in [5.41, 5.74) is -2.44. The molecule has 0 unspecified atom stereocenters. The van der Waals surface area contributed by atoms with Crippen molar-refractivity contribution in [3.8, 4) is 0 Å². The first kappa shape index (κ1) is 18.0. The van der Waals surface area contributed by atoms with Gasteiger partial charge in [-0.05, 0) is 24.3 Å². The normalized spacial score (nSPS) is 11.2. The van der Waals surface area contributed by atoms with E-state index in [1.165, 1.54) is 6.07 Å². The molecule has 2 aromatic rings. The maximum Gasteiger partial charge on any atom is 0.418 e. The zero-order valence-electron chi connectivity index (χ0n) is 11.5. The van der Waals surface area contributed by atoms with E-state index in [1.54, 1.807) is 0 Å². The highest BCUT2D eigenvalue weighted by atomic mass is 35.5. The number of non-ortho nitro benzene ring substituents is 1. The van der Waals surface area contributed by atoms with Crippen LogP contribution in [0.1, 0.15) is 15.9 Å². The molecule has 2 rings (SSSR count). The first-order valence-corrected chi connectivity index (χ1v) is 6.97. The molecule has 5 nitrogen and oxygen atoms in total. The highest BCUT2D eigenvalue weighted by Crippen LogP contribution is 2.37. The van der Waals surface area contributed by atoms with Gasteiger partial charge in [0.1, 0.15) is 0 Å². The molecule has 0 radical (unpaired) electrons. The molecule has 126 valence electrons. The number of amides is 1. The maximum atomic E-state index is 13.0. The molecule has 0 heterocycles. The Balaban J connectivity index is 2.41. The van der Waals surface area contributed by atoms with E-state index < -0.39 is 33.9 Å². The summed E-state index contributed by atoms with van der Waals surface area (Å²) in [6.07, 6.45) is -4.75. The number of nitro benzene ring substituents is 1. The number of alkyl halides is 3. The molecule has 0 bridgehead atoms. The number of anilines is 1. The second-order valence-electron chi connectivity index (χ2n) is 4.56. The van der Waals surface area contributed by atoms with Gasteiger partial charge in [-0.25, -0.2) is 0 Å². The van der Waals surface area contributed by atoms with Crippen molar-refractivity contribution in [1.29, 1.82) is 0 Å². The van der Waals surface area contributed by atoms with Crippen molar-refractivity contribution in [2.45, 2.75) is 6.18 Å². The number of carbonyl (C=O) groups excluding carboxylic acids is 1. The second kappa shape index (κ2) is 6.66. The standard InChI is InChI=1S/C14H7Cl2F3N2O3/c15-7-1-4-12(10(5-7)14(17,18)19)20-13(22)9-6-8(21(23)24)2-3-11(9)16/h1-6H,(H,20,22). The van der Waals surface area contributed by atoms with E-state index in [-0.39, 0.29) is 15.6 Å². The number of nitrogens with zero attached hydrogens (tertiary/aromatic N) is 1. The van der Waals surface area contributed by atoms with Crippen LogP contribution in [0.4, 0.5) is 24.5 Å². The van der Waals surface area contributed by atoms with Crippen molar-refractivity contribution in [1.82, 2.24) is 0 Å². The molecule has 0 saturated carbocycles. The lowest BCUT2D eigenvalue weighted by Gasteiger charge is -2.14. The minimum absolute atomic E-state index is 0.138. The van der Waals surface area contributed by atoms with Crippen LogP contribution in [0.5, 0.6) is 0 Å². The third-order valence-corrected chi connectivity index (χ3v) is 3.51. The largest absolute Gasteiger partial charge is 0.418 e. The number of nitrogens with one attached hydrogen (secondary N) is 1. The second-order valence-corrected chi connectivity index (χ2v) is 5.41. The SMILES string of the molecule is O=C(Nc1ccc(Cl)cc1C(F)(F)F)c1cc([N+](=O)[O-])ccc1Cl. The first-order chi connectivity index (χ1) is 11.1. The smallest absolute Gasteiger partial charge is 0.321 e. The van der Waals surface area contributed by atoms with Crippen LogP contribution >= 0.6 is 23.2 Å². The van der Waals surface area contributed by atoms with E-state index in [0.29, 0.717) is 6.07 Å². The van der Waals surface area contributed by atoms with Gasteiger partial charge in [0.25, 0.3) is 11.6 Å². The summed E-state index contributed by atoms with van der Waals surface area (Å²) >= 11 is 11.3. The molecule has 0 atom stereocenters. The van der Waals surface area contributed by atoms with Gasteiger partial charge in [0.15, 0.2) is 0 Å². The molecular weight excluding hydrogens is 372 g/mol. The van der Waals surface area contributed by atoms with Gasteiger partial charge in [-0.1, -0.05) is 23.2 Å². The van der Waals surface area contributed by atoms with Crippen molar-refractivity contribution in [2.75, 3.05) is 5.32 Å². The van der Waals surface area contributed by atoms with Crippen molar-refractivity contribution in [3.05, 3.63) is 67.7 Å². The number of halogens is 5. The van der Waals surface area contributed by atoms with Crippen molar-refractivity contribution >= 4 is 40.5 Å². The van der Waals surface area contributed by atoms with Gasteiger partial charge in [-0.3, -0.25) is 14.9 Å². The molecule has 1 amide bonds. The minimum Gasteiger partial charge on any atom is -0.321 e. The predicted octanol–water partition coefficient (Wildman–Crippen LogP) is 5.17. The Morgan fingerprint density at radius 1 is 1.12 bits per heavy atom. The number of hydrogen-bond acceptors (Lipinski definition) is 3. The quantitative estimate of drug-likeness (QED) is 0.591. The molecule has 10 heteroatoms. The van der Waals surface area contributed by atoms with Crippen molar-refractivity contribution in [3.63, 3.8) is 0 Å². The lowest BCUT2D eigenvalue weighted by molar-refractivity contribution is -0.384. The zero-order valence-corrected chi connectivity index (χ0v) is 13.0. The Bertz CT molecular complexity index is 825. The summed E-state index contributed by atoms with van der Waals surface area (Å²) in [7, 11) is 0. The summed E-state index contributed by atoms with van der Waals surface area (Å²) in [6.45, 7) is 0. The van der Waals surface area contributed by atoms with E-state index in [1.807, 2.05) is 5.32 Å². The number of benzene rings is 2. The van der Waals surface area contributed by atoms with E-state index >= 15 is 0 Å². The van der Waals surface area contributed by atoms with Crippen LogP contribution in [0, 0.1) is 10.1 Å². The third kappa shape index (κ3) is 3.95. The average Bonchev–Trinajstić information content (AvgIpc) is 2.48. The van der Waals surface area contributed by atoms with E-state index in [9.17, 15) is 28.1 Å². The molecule has 2 aromatic carbocycles. The Kier molecular flexibility index (Phi) is 5.00. The van der Waals surface area contributed by atoms with Gasteiger partial charge in [0, 0.05) is 17.2 Å². The number of hydrogen-bond donors (Lipinski definition) is 1. The Labute approximate surface area is 143 Å². The summed E-state index contributed by atoms with van der Waals surface area (Å²) in [6, 6.07) is 5.87. The Morgan fingerprint density at radius 2 is 1.79 bits per heavy atom. The molecule has 0 aliphatic rings. The van der Waals surface area contributed by atoms with Gasteiger partial charge in [0.2, 0.25) is 0 Å². The predicted molar refractivity (Wildman–Crippen MR) is 82.5 cm³/mol. The van der Waals surface area contributed by atoms with Crippen LogP contribution in [-0.4, -0.2) is 10.8 Å². The van der Waals surface area contributed by atoms with Crippen LogP contribution in [0.2, 0.25) is 10.0 Å². The molecule has 1 N–H and O–H groups in total. The highest BCUT2D eigenvalue weighted by molar-refractivity contribution is 6.34. The molecule has 0 aliphatic heterocycles. The van der Waals surface area contributed by atoms with Crippen LogP contribution < -0.4 is 5.32 Å². The van der Waals surface area contributed by atoms with Gasteiger partial charge >= 0.3 is 6.18 Å². The average molecular weight is 379 g/mol.